The van der Waals surface area contributed by atoms with Gasteiger partial charge in [0.25, 0.3) is 0 Å². The zero-order chi connectivity index (χ0) is 17.1. The molecule has 1 heterocycles. The molecule has 0 saturated heterocycles. The first kappa shape index (κ1) is 16.6. The van der Waals surface area contributed by atoms with Gasteiger partial charge in [-0.15, -0.1) is 0 Å². The molecule has 1 fully saturated rings. The van der Waals surface area contributed by atoms with E-state index in [1.807, 2.05) is 17.7 Å². The average molecular weight is 331 g/mol. The fourth-order valence-electron chi connectivity index (χ4n) is 3.18. The normalized spacial score (nSPS) is 19.3. The Balaban J connectivity index is 1.71. The Labute approximate surface area is 140 Å². The summed E-state index contributed by atoms with van der Waals surface area (Å²) >= 11 is 0. The van der Waals surface area contributed by atoms with Gasteiger partial charge in [0.05, 0.1) is 18.8 Å². The van der Waals surface area contributed by atoms with Crippen molar-refractivity contribution in [1.82, 2.24) is 14.7 Å². The summed E-state index contributed by atoms with van der Waals surface area (Å²) in [5.41, 5.74) is 1.54. The summed E-state index contributed by atoms with van der Waals surface area (Å²) in [5, 5.41) is 13.5. The molecule has 1 N–H and O–H groups in total. The number of benzene rings is 1. The lowest BCUT2D eigenvalue weighted by atomic mass is 10.1. The monoisotopic (exact) mass is 331 g/mol. The van der Waals surface area contributed by atoms with E-state index in [1.54, 1.807) is 29.3 Å². The number of aryl methyl sites for hydroxylation is 1. The highest BCUT2D eigenvalue weighted by atomic mass is 19.1. The molecule has 5 nitrogen and oxygen atoms in total. The van der Waals surface area contributed by atoms with Gasteiger partial charge in [-0.3, -0.25) is 9.48 Å². The molecule has 0 radical (unpaired) electrons. The number of hydrogen-bond acceptors (Lipinski definition) is 3. The minimum atomic E-state index is -0.254. The van der Waals surface area contributed by atoms with Crippen molar-refractivity contribution in [2.45, 2.75) is 32.4 Å². The highest BCUT2D eigenvalue weighted by Crippen LogP contribution is 2.49. The molecular formula is C18H22FN3O2. The van der Waals surface area contributed by atoms with E-state index in [0.717, 1.165) is 12.2 Å². The summed E-state index contributed by atoms with van der Waals surface area (Å²) in [4.78, 5) is 14.4. The van der Waals surface area contributed by atoms with Crippen LogP contribution in [0.2, 0.25) is 0 Å². The topological polar surface area (TPSA) is 58.4 Å². The smallest absolute Gasteiger partial charge is 0.226 e. The van der Waals surface area contributed by atoms with Crippen LogP contribution in [-0.4, -0.2) is 38.8 Å². The van der Waals surface area contributed by atoms with Crippen LogP contribution < -0.4 is 0 Å². The second kappa shape index (κ2) is 7.13. The maximum atomic E-state index is 13.9. The van der Waals surface area contributed by atoms with Gasteiger partial charge in [0.15, 0.2) is 0 Å². The first-order valence-electron chi connectivity index (χ1n) is 8.30. The van der Waals surface area contributed by atoms with E-state index < -0.39 is 0 Å². The third-order valence-electron chi connectivity index (χ3n) is 4.55. The molecule has 6 heteroatoms. The zero-order valence-electron chi connectivity index (χ0n) is 13.7. The highest BCUT2D eigenvalue weighted by Gasteiger charge is 2.46. The molecule has 0 spiro atoms. The van der Waals surface area contributed by atoms with Crippen LogP contribution >= 0.6 is 0 Å². The Morgan fingerprint density at radius 1 is 1.42 bits per heavy atom. The number of hydrogen-bond donors (Lipinski definition) is 1. The molecule has 0 aliphatic heterocycles. The quantitative estimate of drug-likeness (QED) is 0.846. The van der Waals surface area contributed by atoms with Gasteiger partial charge in [0, 0.05) is 25.2 Å². The number of aliphatic hydroxyl groups excluding tert-OH is 1. The highest BCUT2D eigenvalue weighted by molar-refractivity contribution is 5.83. The molecule has 1 aliphatic carbocycles. The second-order valence-corrected chi connectivity index (χ2v) is 6.09. The molecule has 1 amide bonds. The van der Waals surface area contributed by atoms with Crippen molar-refractivity contribution < 1.29 is 14.3 Å². The molecule has 2 atom stereocenters. The third-order valence-corrected chi connectivity index (χ3v) is 4.55. The minimum Gasteiger partial charge on any atom is -0.395 e. The largest absolute Gasteiger partial charge is 0.395 e. The van der Waals surface area contributed by atoms with Crippen LogP contribution in [0.15, 0.2) is 36.5 Å². The Bertz CT molecular complexity index is 716. The SMILES string of the molecule is CCn1nccc1CN(CCO)C(=O)[C@H]1C[C@H]1c1ccccc1F. The van der Waals surface area contributed by atoms with Crippen LogP contribution in [0, 0.1) is 11.7 Å². The van der Waals surface area contributed by atoms with E-state index >= 15 is 0 Å². The standard InChI is InChI=1S/C18H22FN3O2/c1-2-22-13(7-8-20-22)12-21(9-10-23)18(24)16-11-15(16)14-5-3-4-6-17(14)19/h3-8,15-16,23H,2,9-12H2,1H3/t15-,16-/m0/s1. The fourth-order valence-corrected chi connectivity index (χ4v) is 3.18. The van der Waals surface area contributed by atoms with Gasteiger partial charge in [-0.05, 0) is 37.0 Å². The Hall–Kier alpha value is -2.21. The third kappa shape index (κ3) is 3.33. The molecule has 128 valence electrons. The zero-order valence-corrected chi connectivity index (χ0v) is 13.7. The van der Waals surface area contributed by atoms with Crippen LogP contribution in [0.4, 0.5) is 4.39 Å². The molecule has 1 aromatic heterocycles. The van der Waals surface area contributed by atoms with Crippen LogP contribution in [0.3, 0.4) is 0 Å². The molecule has 2 aromatic rings. The number of carbonyl (C=O) groups is 1. The summed E-state index contributed by atoms with van der Waals surface area (Å²) < 4.78 is 15.7. The predicted octanol–water partition coefficient (Wildman–Crippen LogP) is 2.17. The molecule has 3 rings (SSSR count). The van der Waals surface area contributed by atoms with Crippen LogP contribution in [0.5, 0.6) is 0 Å². The van der Waals surface area contributed by atoms with Gasteiger partial charge in [0.1, 0.15) is 5.82 Å². The lowest BCUT2D eigenvalue weighted by Crippen LogP contribution is -2.35. The van der Waals surface area contributed by atoms with Crippen molar-refractivity contribution in [2.75, 3.05) is 13.2 Å². The number of amides is 1. The molecule has 1 aromatic carbocycles. The van der Waals surface area contributed by atoms with Crippen LogP contribution in [-0.2, 0) is 17.9 Å². The number of halogens is 1. The van der Waals surface area contributed by atoms with Crippen LogP contribution in [0.1, 0.15) is 30.5 Å². The van der Waals surface area contributed by atoms with Crippen molar-refractivity contribution >= 4 is 5.91 Å². The van der Waals surface area contributed by atoms with E-state index in [-0.39, 0.29) is 36.7 Å². The van der Waals surface area contributed by atoms with Crippen molar-refractivity contribution in [3.05, 3.63) is 53.6 Å². The van der Waals surface area contributed by atoms with Gasteiger partial charge in [0.2, 0.25) is 5.91 Å². The van der Waals surface area contributed by atoms with Gasteiger partial charge in [-0.25, -0.2) is 4.39 Å². The first-order valence-corrected chi connectivity index (χ1v) is 8.30. The van der Waals surface area contributed by atoms with E-state index in [4.69, 9.17) is 0 Å². The van der Waals surface area contributed by atoms with Crippen molar-refractivity contribution in [2.24, 2.45) is 5.92 Å². The maximum absolute atomic E-state index is 13.9. The summed E-state index contributed by atoms with van der Waals surface area (Å²) in [6.07, 6.45) is 2.37. The summed E-state index contributed by atoms with van der Waals surface area (Å²) in [6.45, 7) is 3.31. The minimum absolute atomic E-state index is 0.0267. The van der Waals surface area contributed by atoms with Crippen molar-refractivity contribution in [3.8, 4) is 0 Å². The first-order chi connectivity index (χ1) is 11.7. The Kier molecular flexibility index (Phi) is 4.94. The Morgan fingerprint density at radius 2 is 2.21 bits per heavy atom. The number of aliphatic hydroxyl groups is 1. The van der Waals surface area contributed by atoms with E-state index in [1.165, 1.54) is 6.07 Å². The lowest BCUT2D eigenvalue weighted by molar-refractivity contribution is -0.133. The van der Waals surface area contributed by atoms with Gasteiger partial charge in [-0.1, -0.05) is 18.2 Å². The summed E-state index contributed by atoms with van der Waals surface area (Å²) in [5.74, 6) is -0.542. The average Bonchev–Trinajstić information content (AvgIpc) is 3.25. The molecule has 0 unspecified atom stereocenters. The summed E-state index contributed by atoms with van der Waals surface area (Å²) in [6, 6.07) is 8.50. The molecule has 0 bridgehead atoms. The summed E-state index contributed by atoms with van der Waals surface area (Å²) in [7, 11) is 0. The number of aromatic nitrogens is 2. The lowest BCUT2D eigenvalue weighted by Gasteiger charge is -2.22. The Morgan fingerprint density at radius 3 is 2.92 bits per heavy atom. The van der Waals surface area contributed by atoms with Gasteiger partial charge < -0.3 is 10.0 Å². The van der Waals surface area contributed by atoms with Gasteiger partial charge in [-0.2, -0.15) is 5.10 Å². The molecule has 1 saturated carbocycles. The molecule has 24 heavy (non-hydrogen) atoms. The van der Waals surface area contributed by atoms with E-state index in [0.29, 0.717) is 18.5 Å². The van der Waals surface area contributed by atoms with Gasteiger partial charge >= 0.3 is 0 Å². The number of nitrogens with zero attached hydrogens (tertiary/aromatic N) is 3. The molecule has 1 aliphatic rings. The predicted molar refractivity (Wildman–Crippen MR) is 87.7 cm³/mol. The van der Waals surface area contributed by atoms with Crippen LogP contribution in [0.25, 0.3) is 0 Å². The maximum Gasteiger partial charge on any atom is 0.226 e. The van der Waals surface area contributed by atoms with E-state index in [2.05, 4.69) is 5.10 Å². The van der Waals surface area contributed by atoms with Crippen molar-refractivity contribution in [1.29, 1.82) is 0 Å². The number of carbonyl (C=O) groups excluding carboxylic acids is 1. The number of rotatable bonds is 7. The second-order valence-electron chi connectivity index (χ2n) is 6.09. The van der Waals surface area contributed by atoms with Crippen molar-refractivity contribution in [3.63, 3.8) is 0 Å². The molecular weight excluding hydrogens is 309 g/mol. The van der Waals surface area contributed by atoms with E-state index in [9.17, 15) is 14.3 Å². The fraction of sp³-hybridized carbons (Fsp3) is 0.444.